The molecule has 144 valence electrons. The predicted molar refractivity (Wildman–Crippen MR) is 110 cm³/mol. The summed E-state index contributed by atoms with van der Waals surface area (Å²) in [5, 5.41) is 12.9. The molecule has 0 spiro atoms. The normalized spacial score (nSPS) is 10.3. The van der Waals surface area contributed by atoms with Crippen LogP contribution in [0.1, 0.15) is 16.7 Å². The molecule has 0 heterocycles. The van der Waals surface area contributed by atoms with Crippen molar-refractivity contribution in [2.24, 2.45) is 5.10 Å². The third-order valence-corrected chi connectivity index (χ3v) is 3.88. The van der Waals surface area contributed by atoms with E-state index in [1.165, 1.54) is 6.21 Å². The highest BCUT2D eigenvalue weighted by atomic mass is 16.5. The van der Waals surface area contributed by atoms with Gasteiger partial charge in [-0.15, -0.1) is 0 Å². The molecule has 29 heavy (non-hydrogen) atoms. The molecule has 0 radical (unpaired) electrons. The number of carbonyl (C=O) groups is 1. The van der Waals surface area contributed by atoms with Gasteiger partial charge < -0.3 is 9.47 Å². The number of nitriles is 1. The maximum absolute atomic E-state index is 11.9. The van der Waals surface area contributed by atoms with Crippen molar-refractivity contribution >= 4 is 12.1 Å². The Labute approximate surface area is 169 Å². The minimum Gasteiger partial charge on any atom is -0.489 e. The number of hydrogen-bond donors (Lipinski definition) is 1. The van der Waals surface area contributed by atoms with Gasteiger partial charge in [-0.05, 0) is 35.4 Å². The van der Waals surface area contributed by atoms with Crippen LogP contribution in [0.3, 0.4) is 0 Å². The van der Waals surface area contributed by atoms with Crippen LogP contribution in [0.15, 0.2) is 84.0 Å². The summed E-state index contributed by atoms with van der Waals surface area (Å²) >= 11 is 0. The molecule has 0 bridgehead atoms. The smallest absolute Gasteiger partial charge is 0.277 e. The Bertz CT molecular complexity index is 1030. The molecular formula is C23H19N3O3. The summed E-state index contributed by atoms with van der Waals surface area (Å²) in [5.41, 5.74) is 4.63. The Hall–Kier alpha value is -4.11. The zero-order valence-corrected chi connectivity index (χ0v) is 15.6. The van der Waals surface area contributed by atoms with Crippen LogP contribution in [0.2, 0.25) is 0 Å². The number of nitrogens with one attached hydrogen (secondary N) is 1. The first-order valence-electron chi connectivity index (χ1n) is 8.95. The van der Waals surface area contributed by atoms with Gasteiger partial charge in [0.05, 0.1) is 11.8 Å². The number of rotatable bonds is 8. The summed E-state index contributed by atoms with van der Waals surface area (Å²) in [6.45, 7) is 0.232. The van der Waals surface area contributed by atoms with Gasteiger partial charge in [0.2, 0.25) is 0 Å². The average Bonchev–Trinajstić information content (AvgIpc) is 2.77. The molecular weight excluding hydrogens is 366 g/mol. The Kier molecular flexibility index (Phi) is 6.97. The lowest BCUT2D eigenvalue weighted by atomic mass is 10.2. The lowest BCUT2D eigenvalue weighted by Crippen LogP contribution is -2.24. The monoisotopic (exact) mass is 385 g/mol. The van der Waals surface area contributed by atoms with Crippen LogP contribution in [-0.4, -0.2) is 18.7 Å². The molecule has 0 aliphatic rings. The number of carbonyl (C=O) groups excluding carboxylic acids is 1. The van der Waals surface area contributed by atoms with Crippen LogP contribution in [0.5, 0.6) is 11.5 Å². The summed E-state index contributed by atoms with van der Waals surface area (Å²) in [6.07, 6.45) is 1.52. The van der Waals surface area contributed by atoms with E-state index in [0.717, 1.165) is 11.1 Å². The van der Waals surface area contributed by atoms with Crippen molar-refractivity contribution in [1.82, 2.24) is 5.43 Å². The third kappa shape index (κ3) is 6.22. The molecule has 6 nitrogen and oxygen atoms in total. The molecule has 3 aromatic carbocycles. The van der Waals surface area contributed by atoms with E-state index in [1.54, 1.807) is 24.3 Å². The van der Waals surface area contributed by atoms with E-state index in [-0.39, 0.29) is 6.61 Å². The van der Waals surface area contributed by atoms with Crippen molar-refractivity contribution in [1.29, 1.82) is 5.26 Å². The molecule has 3 aromatic rings. The SMILES string of the molecule is N#Cc1ccccc1OCC(=O)N/N=C/c1cccc(OCc2ccccc2)c1. The minimum atomic E-state index is -0.425. The Balaban J connectivity index is 1.48. The molecule has 0 aliphatic heterocycles. The van der Waals surface area contributed by atoms with E-state index in [9.17, 15) is 4.79 Å². The van der Waals surface area contributed by atoms with E-state index in [2.05, 4.69) is 10.5 Å². The standard InChI is InChI=1S/C23H19N3O3/c24-14-20-10-4-5-12-22(20)29-17-23(27)26-25-15-19-9-6-11-21(13-19)28-16-18-7-2-1-3-8-18/h1-13,15H,16-17H2,(H,26,27)/b25-15+. The second-order valence-electron chi connectivity index (χ2n) is 6.04. The largest absolute Gasteiger partial charge is 0.489 e. The van der Waals surface area contributed by atoms with Gasteiger partial charge in [-0.25, -0.2) is 5.43 Å². The fourth-order valence-electron chi connectivity index (χ4n) is 2.46. The Morgan fingerprint density at radius 2 is 1.79 bits per heavy atom. The highest BCUT2D eigenvalue weighted by Gasteiger charge is 2.05. The molecule has 0 aliphatic carbocycles. The summed E-state index contributed by atoms with van der Waals surface area (Å²) < 4.78 is 11.1. The zero-order valence-electron chi connectivity index (χ0n) is 15.6. The highest BCUT2D eigenvalue weighted by Crippen LogP contribution is 2.16. The molecule has 0 unspecified atom stereocenters. The third-order valence-electron chi connectivity index (χ3n) is 3.88. The number of hydrazone groups is 1. The Morgan fingerprint density at radius 3 is 2.62 bits per heavy atom. The van der Waals surface area contributed by atoms with Crippen LogP contribution >= 0.6 is 0 Å². The molecule has 3 rings (SSSR count). The minimum absolute atomic E-state index is 0.240. The topological polar surface area (TPSA) is 83.7 Å². The summed E-state index contributed by atoms with van der Waals surface area (Å²) in [7, 11) is 0. The lowest BCUT2D eigenvalue weighted by Gasteiger charge is -2.07. The molecule has 0 saturated carbocycles. The molecule has 0 aromatic heterocycles. The number of para-hydroxylation sites is 1. The van der Waals surface area contributed by atoms with Crippen LogP contribution in [0.4, 0.5) is 0 Å². The van der Waals surface area contributed by atoms with E-state index >= 15 is 0 Å². The van der Waals surface area contributed by atoms with Crippen molar-refractivity contribution in [3.63, 3.8) is 0 Å². The molecule has 0 saturated heterocycles. The fraction of sp³-hybridized carbons (Fsp3) is 0.0870. The van der Waals surface area contributed by atoms with Gasteiger partial charge >= 0.3 is 0 Å². The zero-order chi connectivity index (χ0) is 20.3. The summed E-state index contributed by atoms with van der Waals surface area (Å²) in [6, 6.07) is 26.0. The van der Waals surface area contributed by atoms with Gasteiger partial charge in [-0.3, -0.25) is 4.79 Å². The van der Waals surface area contributed by atoms with Crippen molar-refractivity contribution in [3.05, 3.63) is 95.6 Å². The molecule has 0 fully saturated rings. The number of amides is 1. The van der Waals surface area contributed by atoms with Crippen LogP contribution in [0.25, 0.3) is 0 Å². The van der Waals surface area contributed by atoms with Crippen LogP contribution < -0.4 is 14.9 Å². The highest BCUT2D eigenvalue weighted by molar-refractivity contribution is 5.83. The lowest BCUT2D eigenvalue weighted by molar-refractivity contribution is -0.123. The second-order valence-corrected chi connectivity index (χ2v) is 6.04. The Morgan fingerprint density at radius 1 is 1.00 bits per heavy atom. The van der Waals surface area contributed by atoms with Gasteiger partial charge in [0.15, 0.2) is 6.61 Å². The predicted octanol–water partition coefficient (Wildman–Crippen LogP) is 3.67. The van der Waals surface area contributed by atoms with Crippen molar-refractivity contribution < 1.29 is 14.3 Å². The molecule has 1 N–H and O–H groups in total. The average molecular weight is 385 g/mol. The van der Waals surface area contributed by atoms with Gasteiger partial charge in [-0.1, -0.05) is 54.6 Å². The van der Waals surface area contributed by atoms with Gasteiger partial charge in [0.25, 0.3) is 5.91 Å². The van der Waals surface area contributed by atoms with Crippen LogP contribution in [-0.2, 0) is 11.4 Å². The first kappa shape index (κ1) is 19.6. The maximum atomic E-state index is 11.9. The van der Waals surface area contributed by atoms with Gasteiger partial charge in [-0.2, -0.15) is 10.4 Å². The van der Waals surface area contributed by atoms with Crippen molar-refractivity contribution in [3.8, 4) is 17.6 Å². The molecule has 6 heteroatoms. The molecule has 1 amide bonds. The fourth-order valence-corrected chi connectivity index (χ4v) is 2.46. The quantitative estimate of drug-likeness (QED) is 0.474. The number of nitrogens with zero attached hydrogens (tertiary/aromatic N) is 2. The maximum Gasteiger partial charge on any atom is 0.277 e. The first-order chi connectivity index (χ1) is 14.2. The van der Waals surface area contributed by atoms with E-state index < -0.39 is 5.91 Å². The molecule has 0 atom stereocenters. The number of ether oxygens (including phenoxy) is 2. The van der Waals surface area contributed by atoms with Gasteiger partial charge in [0.1, 0.15) is 24.2 Å². The number of hydrogen-bond acceptors (Lipinski definition) is 5. The number of benzene rings is 3. The van der Waals surface area contributed by atoms with E-state index in [4.69, 9.17) is 14.7 Å². The van der Waals surface area contributed by atoms with Crippen molar-refractivity contribution in [2.45, 2.75) is 6.61 Å². The van der Waals surface area contributed by atoms with Gasteiger partial charge in [0, 0.05) is 0 Å². The van der Waals surface area contributed by atoms with Crippen LogP contribution in [0, 0.1) is 11.3 Å². The second kappa shape index (κ2) is 10.3. The van der Waals surface area contributed by atoms with E-state index in [0.29, 0.717) is 23.7 Å². The van der Waals surface area contributed by atoms with E-state index in [1.807, 2.05) is 60.7 Å². The summed E-state index contributed by atoms with van der Waals surface area (Å²) in [5.74, 6) is 0.642. The van der Waals surface area contributed by atoms with Crippen molar-refractivity contribution in [2.75, 3.05) is 6.61 Å². The first-order valence-corrected chi connectivity index (χ1v) is 8.95. The summed E-state index contributed by atoms with van der Waals surface area (Å²) in [4.78, 5) is 11.9.